The molecule has 7 saturated carbocycles. The Morgan fingerprint density at radius 3 is 2.79 bits per heavy atom. The number of carbonyl (C=O) groups excluding carboxylic acids is 3. The zero-order valence-electron chi connectivity index (χ0n) is 42.2. The van der Waals surface area contributed by atoms with Crippen molar-refractivity contribution in [1.29, 1.82) is 0 Å². The highest BCUT2D eigenvalue weighted by molar-refractivity contribution is 5.95. The van der Waals surface area contributed by atoms with E-state index in [1.165, 1.54) is 0 Å². The number of esters is 2. The van der Waals surface area contributed by atoms with Gasteiger partial charge in [0.1, 0.15) is 35.1 Å². The first kappa shape index (κ1) is 44.4. The topological polar surface area (TPSA) is 181 Å². The number of ether oxygens (including phenoxy) is 4. The van der Waals surface area contributed by atoms with Crippen molar-refractivity contribution in [2.24, 2.45) is 92.2 Å². The largest absolute Gasteiger partial charge is 0.469 e. The highest BCUT2D eigenvalue weighted by atomic mass is 16.7. The number of Topliss-reactive ketones (excluding diaryl/α,β-unsaturated/α-hetero) is 1. The van der Waals surface area contributed by atoms with Crippen LogP contribution in [0.15, 0.2) is 52.8 Å². The van der Waals surface area contributed by atoms with Crippen LogP contribution in [0.5, 0.6) is 0 Å². The minimum atomic E-state index is -1.52. The third-order valence-corrected chi connectivity index (χ3v) is 25.8. The lowest BCUT2D eigenvalue weighted by Gasteiger charge is -2.74. The third-order valence-electron chi connectivity index (χ3n) is 25.8. The lowest BCUT2D eigenvalue weighted by molar-refractivity contribution is -0.318. The van der Waals surface area contributed by atoms with Crippen LogP contribution < -0.4 is 5.32 Å². The number of epoxide rings is 1. The van der Waals surface area contributed by atoms with Crippen molar-refractivity contribution in [1.82, 2.24) is 10.2 Å². The molecule has 12 fully saturated rings. The van der Waals surface area contributed by atoms with Crippen LogP contribution in [-0.4, -0.2) is 106 Å². The maximum atomic E-state index is 16.6. The molecule has 7 aliphatic heterocycles. The minimum absolute atomic E-state index is 0.00943. The lowest BCUT2D eigenvalue weighted by atomic mass is 9.28. The number of rotatable bonds is 6. The van der Waals surface area contributed by atoms with Crippen molar-refractivity contribution in [3.63, 3.8) is 0 Å². The summed E-state index contributed by atoms with van der Waals surface area (Å²) >= 11 is 0. The van der Waals surface area contributed by atoms with Gasteiger partial charge in [0.15, 0.2) is 17.5 Å². The second-order valence-electron chi connectivity index (χ2n) is 27.5. The molecular weight excluding hydrogens is 925 g/mol. The first-order chi connectivity index (χ1) is 35.3. The van der Waals surface area contributed by atoms with Crippen LogP contribution in [-0.2, 0) is 45.4 Å². The van der Waals surface area contributed by atoms with Crippen LogP contribution in [0, 0.1) is 104 Å². The predicted molar refractivity (Wildman–Crippen MR) is 259 cm³/mol. The Labute approximate surface area is 426 Å². The van der Waals surface area contributed by atoms with Crippen LogP contribution in [0.25, 0.3) is 0 Å². The molecule has 24 atom stereocenters. The van der Waals surface area contributed by atoms with E-state index in [2.05, 4.69) is 66.4 Å². The molecule has 73 heavy (non-hydrogen) atoms. The maximum Gasteiger partial charge on any atom is 0.339 e. The Kier molecular flexibility index (Phi) is 8.30. The molecule has 0 amide bonds. The van der Waals surface area contributed by atoms with Crippen molar-refractivity contribution in [3.05, 3.63) is 59.7 Å². The number of nitrogens with one attached hydrogen (secondary N) is 1. The summed E-state index contributed by atoms with van der Waals surface area (Å²) in [6.45, 7) is 5.77. The Morgan fingerprint density at radius 1 is 1.04 bits per heavy atom. The Balaban J connectivity index is 0.890. The van der Waals surface area contributed by atoms with Crippen LogP contribution in [0.1, 0.15) is 115 Å². The molecule has 16 aliphatic rings. The fraction of sp³-hybridized carbons (Fsp3) is 0.750. The molecule has 0 unspecified atom stereocenters. The summed E-state index contributed by atoms with van der Waals surface area (Å²) < 4.78 is 36.3. The molecule has 13 nitrogen and oxygen atoms in total. The monoisotopic (exact) mass is 994 g/mol. The zero-order chi connectivity index (χ0) is 49.2. The second-order valence-corrected chi connectivity index (χ2v) is 27.5. The molecule has 4 N–H and O–H groups in total. The molecule has 1 aromatic rings. The number of allylic oxidation sites excluding steroid dienone is 2. The van der Waals surface area contributed by atoms with Gasteiger partial charge in [0, 0.05) is 41.3 Å². The predicted octanol–water partition coefficient (Wildman–Crippen LogP) is 5.65. The van der Waals surface area contributed by atoms with E-state index in [0.717, 1.165) is 76.6 Å². The van der Waals surface area contributed by atoms with Gasteiger partial charge in [-0.15, -0.1) is 0 Å². The quantitative estimate of drug-likeness (QED) is 0.119. The van der Waals surface area contributed by atoms with Gasteiger partial charge in [0.2, 0.25) is 0 Å². The summed E-state index contributed by atoms with van der Waals surface area (Å²) in [5, 5.41) is 40.5. The number of hydrogen-bond acceptors (Lipinski definition) is 13. The number of furan rings is 1. The Morgan fingerprint density at radius 2 is 1.92 bits per heavy atom. The fourth-order valence-corrected chi connectivity index (χ4v) is 24.1. The molecule has 6 spiro atoms. The number of ketones is 1. The highest BCUT2D eigenvalue weighted by Gasteiger charge is 3.01. The van der Waals surface area contributed by atoms with E-state index in [9.17, 15) is 15.3 Å². The van der Waals surface area contributed by atoms with E-state index in [1.54, 1.807) is 6.26 Å². The van der Waals surface area contributed by atoms with E-state index in [1.807, 2.05) is 6.07 Å². The molecule has 1 aromatic heterocycles. The summed E-state index contributed by atoms with van der Waals surface area (Å²) in [7, 11) is 0. The van der Waals surface area contributed by atoms with Gasteiger partial charge in [0.05, 0.1) is 49.0 Å². The van der Waals surface area contributed by atoms with Crippen molar-refractivity contribution in [2.45, 2.75) is 157 Å². The smallest absolute Gasteiger partial charge is 0.339 e. The third kappa shape index (κ3) is 4.39. The van der Waals surface area contributed by atoms with E-state index in [4.69, 9.17) is 23.4 Å². The number of aliphatic hydroxyl groups excluding tert-OH is 3. The summed E-state index contributed by atoms with van der Waals surface area (Å²) in [5.74, 6) is 6.34. The maximum absolute atomic E-state index is 16.6. The van der Waals surface area contributed by atoms with Crippen molar-refractivity contribution in [2.75, 3.05) is 26.4 Å². The minimum Gasteiger partial charge on any atom is -0.469 e. The summed E-state index contributed by atoms with van der Waals surface area (Å²) in [5.41, 5.74) is -8.42. The van der Waals surface area contributed by atoms with Crippen LogP contribution >= 0.6 is 0 Å². The van der Waals surface area contributed by atoms with Gasteiger partial charge in [-0.2, -0.15) is 0 Å². The molecule has 17 rings (SSSR count). The van der Waals surface area contributed by atoms with Gasteiger partial charge in [-0.05, 0) is 154 Å². The number of fused-ring (bicyclic) bond motifs is 7. The molecule has 13 heteroatoms. The molecule has 0 radical (unpaired) electrons. The average Bonchev–Trinajstić information content (AvgIpc) is 3.89. The van der Waals surface area contributed by atoms with Gasteiger partial charge in [-0.1, -0.05) is 55.9 Å². The van der Waals surface area contributed by atoms with Gasteiger partial charge < -0.3 is 43.6 Å². The molecule has 10 bridgehead atoms. The van der Waals surface area contributed by atoms with Crippen LogP contribution in [0.4, 0.5) is 0 Å². The molecule has 386 valence electrons. The van der Waals surface area contributed by atoms with Crippen LogP contribution in [0.3, 0.4) is 0 Å². The van der Waals surface area contributed by atoms with E-state index in [-0.39, 0.29) is 66.9 Å². The van der Waals surface area contributed by atoms with E-state index >= 15 is 14.4 Å². The Bertz CT molecular complexity index is 2880. The van der Waals surface area contributed by atoms with Crippen molar-refractivity contribution < 1.29 is 53.1 Å². The fourth-order valence-electron chi connectivity index (χ4n) is 24.1. The van der Waals surface area contributed by atoms with Gasteiger partial charge in [-0.25, -0.2) is 4.79 Å². The second kappa shape index (κ2) is 13.7. The summed E-state index contributed by atoms with van der Waals surface area (Å²) in [6, 6.07) is 2.41. The standard InChI is InChI=1S/C60H70N2O11/c1-52-16-12-36-22-37-20-31-11-17-56-51(68)70-29-55(59(36,56)73-52)46-35(26-54(37,56)24-31)25-53(2)57(15-5-7-32-6-3-4-8-40(32)58(46,48(66)45(65)47(52)55)60(53)49(71-60)50(67)72-57)41-14-19-69-44(41)23-39(43(64)28-63)33-9-10-38-34(21-33)13-18-62-30-61-27-42(38)62/h11-14,17-19,31-35,37-40,42-43,46-49,61,63-64,66H,3-4,6,8-10,15-16,20-30H2,1-2H3/t31-,32+,33+,34-,35+,37+,38+,39+,40-,42-,43-,46-,47-,48-,49-,52+,53+,54+,55-,56+,57+,58+,59-,60-/m1/s1. The van der Waals surface area contributed by atoms with Gasteiger partial charge >= 0.3 is 11.9 Å². The highest BCUT2D eigenvalue weighted by Crippen LogP contribution is 2.93. The molecular formula is C60H70N2O11. The van der Waals surface area contributed by atoms with Gasteiger partial charge in [0.25, 0.3) is 0 Å². The summed E-state index contributed by atoms with van der Waals surface area (Å²) in [4.78, 5) is 50.3. The number of carbonyl (C=O) groups is 3. The SMILES string of the molecule is C[C@]12C[C@H]3C[C@]45C[C@@H]6C=C[C@]47C(=O)OC[C@@]48[C@@H]3[C@]3([C@H](O)C(=O)[C@@H]4[C@]4(C)CC=C(C[C@@H]5C6)[C@@]87O4)[C@@H]4CCCC[C@H]4C#CC[C@@]1(c1ccoc1C[C@@H]([C@H]1CC[C@H]4[C@H](C=CN5CNC[C@H]45)C1)[C@H](O)CO)OC(=O)[C@H]1O[C@@]132. The zero-order valence-corrected chi connectivity index (χ0v) is 42.2. The molecule has 9 aliphatic carbocycles. The van der Waals surface area contributed by atoms with Crippen molar-refractivity contribution >= 4 is 17.7 Å². The number of hydrogen-bond donors (Lipinski definition) is 4. The first-order valence-corrected chi connectivity index (χ1v) is 28.6. The Hall–Kier alpha value is -3.77. The average molecular weight is 995 g/mol. The molecule has 0 aromatic carbocycles. The molecule has 5 saturated heterocycles. The van der Waals surface area contributed by atoms with Crippen LogP contribution in [0.2, 0.25) is 0 Å². The molecule has 8 heterocycles. The van der Waals surface area contributed by atoms with Gasteiger partial charge in [-0.3, -0.25) is 14.9 Å². The van der Waals surface area contributed by atoms with E-state index < -0.39 is 85.6 Å². The van der Waals surface area contributed by atoms with Crippen molar-refractivity contribution in [3.8, 4) is 11.8 Å². The number of nitrogens with zero attached hydrogens (tertiary/aromatic N) is 1. The first-order valence-electron chi connectivity index (χ1n) is 28.6. The summed E-state index contributed by atoms with van der Waals surface area (Å²) in [6.07, 6.45) is 20.6. The number of cyclic esters (lactones) is 1. The lowest BCUT2D eigenvalue weighted by Crippen LogP contribution is -2.84. The normalized spacial score (nSPS) is 56.6. The number of aliphatic hydroxyl groups is 3. The van der Waals surface area contributed by atoms with E-state index in [0.29, 0.717) is 67.2 Å².